The molecule has 1 aliphatic carbocycles. The SMILES string of the molecule is COc1ccc(C)cc1Nc1ccc(C(=O)NC2CC2)nc1. The number of hydrogen-bond acceptors (Lipinski definition) is 4. The summed E-state index contributed by atoms with van der Waals surface area (Å²) in [4.78, 5) is 16.1. The van der Waals surface area contributed by atoms with Crippen molar-refractivity contribution in [3.05, 3.63) is 47.8 Å². The molecule has 0 aliphatic heterocycles. The maximum atomic E-state index is 11.9. The lowest BCUT2D eigenvalue weighted by molar-refractivity contribution is 0.0946. The highest BCUT2D eigenvalue weighted by Crippen LogP contribution is 2.28. The van der Waals surface area contributed by atoms with Crippen LogP contribution in [0.5, 0.6) is 5.75 Å². The summed E-state index contributed by atoms with van der Waals surface area (Å²) in [7, 11) is 1.64. The summed E-state index contributed by atoms with van der Waals surface area (Å²) < 4.78 is 5.34. The lowest BCUT2D eigenvalue weighted by Crippen LogP contribution is -2.26. The minimum Gasteiger partial charge on any atom is -0.495 e. The highest BCUT2D eigenvalue weighted by Gasteiger charge is 2.24. The van der Waals surface area contributed by atoms with Gasteiger partial charge in [-0.3, -0.25) is 4.79 Å². The van der Waals surface area contributed by atoms with Crippen LogP contribution in [-0.2, 0) is 0 Å². The Morgan fingerprint density at radius 3 is 2.73 bits per heavy atom. The van der Waals surface area contributed by atoms with E-state index in [0.717, 1.165) is 35.5 Å². The van der Waals surface area contributed by atoms with Crippen LogP contribution in [0, 0.1) is 6.92 Å². The van der Waals surface area contributed by atoms with E-state index in [1.54, 1.807) is 19.4 Å². The Morgan fingerprint density at radius 1 is 1.27 bits per heavy atom. The van der Waals surface area contributed by atoms with Gasteiger partial charge in [0.05, 0.1) is 24.7 Å². The zero-order chi connectivity index (χ0) is 15.5. The molecule has 1 aromatic carbocycles. The average Bonchev–Trinajstić information content (AvgIpc) is 3.32. The molecule has 1 heterocycles. The Balaban J connectivity index is 1.73. The Bertz CT molecular complexity index is 679. The fourth-order valence-electron chi connectivity index (χ4n) is 2.16. The second-order valence-corrected chi connectivity index (χ2v) is 5.51. The molecule has 1 fully saturated rings. The maximum Gasteiger partial charge on any atom is 0.270 e. The summed E-state index contributed by atoms with van der Waals surface area (Å²) >= 11 is 0. The van der Waals surface area contributed by atoms with Gasteiger partial charge in [0, 0.05) is 6.04 Å². The summed E-state index contributed by atoms with van der Waals surface area (Å²) in [6, 6.07) is 9.82. The molecule has 1 aliphatic rings. The second-order valence-electron chi connectivity index (χ2n) is 5.51. The monoisotopic (exact) mass is 297 g/mol. The Kier molecular flexibility index (Phi) is 3.96. The van der Waals surface area contributed by atoms with Crippen LogP contribution in [0.2, 0.25) is 0 Å². The number of benzene rings is 1. The quantitative estimate of drug-likeness (QED) is 0.890. The highest BCUT2D eigenvalue weighted by molar-refractivity contribution is 5.92. The van der Waals surface area contributed by atoms with Crippen LogP contribution in [0.15, 0.2) is 36.5 Å². The van der Waals surface area contributed by atoms with Crippen LogP contribution in [-0.4, -0.2) is 24.0 Å². The molecule has 22 heavy (non-hydrogen) atoms. The van der Waals surface area contributed by atoms with Gasteiger partial charge in [-0.1, -0.05) is 6.07 Å². The Labute approximate surface area is 129 Å². The Morgan fingerprint density at radius 2 is 2.09 bits per heavy atom. The first kappa shape index (κ1) is 14.4. The third-order valence-electron chi connectivity index (χ3n) is 3.54. The van der Waals surface area contributed by atoms with Crippen molar-refractivity contribution < 1.29 is 9.53 Å². The fraction of sp³-hybridized carbons (Fsp3) is 0.294. The van der Waals surface area contributed by atoms with Crippen molar-refractivity contribution in [1.82, 2.24) is 10.3 Å². The molecule has 1 amide bonds. The first-order valence-electron chi connectivity index (χ1n) is 7.34. The van der Waals surface area contributed by atoms with Crippen molar-refractivity contribution in [3.63, 3.8) is 0 Å². The smallest absolute Gasteiger partial charge is 0.270 e. The van der Waals surface area contributed by atoms with Crippen molar-refractivity contribution >= 4 is 17.3 Å². The van der Waals surface area contributed by atoms with Crippen LogP contribution in [0.4, 0.5) is 11.4 Å². The number of anilines is 2. The number of aromatic nitrogens is 1. The molecule has 0 radical (unpaired) electrons. The van der Waals surface area contributed by atoms with Gasteiger partial charge in [-0.2, -0.15) is 0 Å². The number of methoxy groups -OCH3 is 1. The van der Waals surface area contributed by atoms with Gasteiger partial charge < -0.3 is 15.4 Å². The number of carbonyl (C=O) groups is 1. The lowest BCUT2D eigenvalue weighted by atomic mass is 10.2. The number of nitrogens with zero attached hydrogens (tertiary/aromatic N) is 1. The van der Waals surface area contributed by atoms with Crippen molar-refractivity contribution in [2.45, 2.75) is 25.8 Å². The van der Waals surface area contributed by atoms with Crippen molar-refractivity contribution in [3.8, 4) is 5.75 Å². The molecular weight excluding hydrogens is 278 g/mol. The summed E-state index contributed by atoms with van der Waals surface area (Å²) in [5.74, 6) is 0.656. The fourth-order valence-corrected chi connectivity index (χ4v) is 2.16. The van der Waals surface area contributed by atoms with Crippen LogP contribution < -0.4 is 15.4 Å². The molecule has 5 heteroatoms. The first-order chi connectivity index (χ1) is 10.7. The number of nitrogens with one attached hydrogen (secondary N) is 2. The van der Waals surface area contributed by atoms with E-state index >= 15 is 0 Å². The van der Waals surface area contributed by atoms with E-state index in [1.165, 1.54) is 0 Å². The topological polar surface area (TPSA) is 63.2 Å². The van der Waals surface area contributed by atoms with Crippen LogP contribution in [0.3, 0.4) is 0 Å². The number of amides is 1. The molecule has 0 atom stereocenters. The van der Waals surface area contributed by atoms with Crippen molar-refractivity contribution in [2.24, 2.45) is 0 Å². The molecule has 114 valence electrons. The summed E-state index contributed by atoms with van der Waals surface area (Å²) in [6.07, 6.45) is 3.79. The number of hydrogen-bond donors (Lipinski definition) is 2. The van der Waals surface area contributed by atoms with Gasteiger partial charge >= 0.3 is 0 Å². The molecule has 0 saturated heterocycles. The van der Waals surface area contributed by atoms with Gasteiger partial charge in [0.2, 0.25) is 0 Å². The number of carbonyl (C=O) groups excluding carboxylic acids is 1. The van der Waals surface area contributed by atoms with Crippen molar-refractivity contribution in [1.29, 1.82) is 0 Å². The Hall–Kier alpha value is -2.56. The normalized spacial score (nSPS) is 13.5. The molecule has 0 bridgehead atoms. The predicted octanol–water partition coefficient (Wildman–Crippen LogP) is 3.03. The summed E-state index contributed by atoms with van der Waals surface area (Å²) in [6.45, 7) is 2.02. The zero-order valence-corrected chi connectivity index (χ0v) is 12.7. The van der Waals surface area contributed by atoms with E-state index in [2.05, 4.69) is 15.6 Å². The first-order valence-corrected chi connectivity index (χ1v) is 7.34. The van der Waals surface area contributed by atoms with Gasteiger partial charge in [-0.25, -0.2) is 4.98 Å². The number of ether oxygens (including phenoxy) is 1. The number of rotatable bonds is 5. The molecular formula is C17H19N3O2. The molecule has 3 rings (SSSR count). The van der Waals surface area contributed by atoms with E-state index in [-0.39, 0.29) is 5.91 Å². The van der Waals surface area contributed by atoms with E-state index < -0.39 is 0 Å². The zero-order valence-electron chi connectivity index (χ0n) is 12.7. The third-order valence-corrected chi connectivity index (χ3v) is 3.54. The minimum absolute atomic E-state index is 0.109. The molecule has 1 saturated carbocycles. The lowest BCUT2D eigenvalue weighted by Gasteiger charge is -2.12. The summed E-state index contributed by atoms with van der Waals surface area (Å²) in [5, 5.41) is 6.19. The van der Waals surface area contributed by atoms with Gasteiger partial charge in [0.15, 0.2) is 0 Å². The van der Waals surface area contributed by atoms with Crippen molar-refractivity contribution in [2.75, 3.05) is 12.4 Å². The van der Waals surface area contributed by atoms with Crippen LogP contribution in [0.25, 0.3) is 0 Å². The molecule has 0 unspecified atom stereocenters. The number of aryl methyl sites for hydroxylation is 1. The van der Waals surface area contributed by atoms with Gasteiger partial charge in [-0.05, 0) is 49.6 Å². The standard InChI is InChI=1S/C17H19N3O2/c1-11-3-8-16(22-2)15(9-11)19-13-6-7-14(18-10-13)17(21)20-12-4-5-12/h3,6-10,12,19H,4-5H2,1-2H3,(H,20,21). The second kappa shape index (κ2) is 6.05. The minimum atomic E-state index is -0.109. The average molecular weight is 297 g/mol. The van der Waals surface area contributed by atoms with Gasteiger partial charge in [0.25, 0.3) is 5.91 Å². The molecule has 2 aromatic rings. The van der Waals surface area contributed by atoms with E-state index in [0.29, 0.717) is 11.7 Å². The maximum absolute atomic E-state index is 11.9. The summed E-state index contributed by atoms with van der Waals surface area (Å²) in [5.41, 5.74) is 3.26. The highest BCUT2D eigenvalue weighted by atomic mass is 16.5. The van der Waals surface area contributed by atoms with E-state index in [9.17, 15) is 4.79 Å². The van der Waals surface area contributed by atoms with Gasteiger partial charge in [0.1, 0.15) is 11.4 Å². The largest absolute Gasteiger partial charge is 0.495 e. The van der Waals surface area contributed by atoms with Gasteiger partial charge in [-0.15, -0.1) is 0 Å². The number of pyridine rings is 1. The van der Waals surface area contributed by atoms with E-state index in [1.807, 2.05) is 31.2 Å². The van der Waals surface area contributed by atoms with E-state index in [4.69, 9.17) is 4.74 Å². The molecule has 2 N–H and O–H groups in total. The molecule has 5 nitrogen and oxygen atoms in total. The predicted molar refractivity (Wildman–Crippen MR) is 85.7 cm³/mol. The molecule has 1 aromatic heterocycles. The van der Waals surface area contributed by atoms with Crippen LogP contribution >= 0.6 is 0 Å². The molecule has 0 spiro atoms. The third kappa shape index (κ3) is 3.36. The van der Waals surface area contributed by atoms with Crippen LogP contribution in [0.1, 0.15) is 28.9 Å².